The Morgan fingerprint density at radius 2 is 1.94 bits per heavy atom. The van der Waals surface area contributed by atoms with Crippen molar-refractivity contribution in [1.29, 1.82) is 5.26 Å². The number of benzene rings is 1. The number of aromatic nitrogens is 5. The van der Waals surface area contributed by atoms with Crippen molar-refractivity contribution >= 4 is 28.0 Å². The molecule has 0 saturated carbocycles. The SMILES string of the molecule is CCn1c(N(C)CC(C)N)nc2c1c(=O)n(Cc1nc3ccccc3cc1C#N)c(=O)n2C. The maximum absolute atomic E-state index is 13.5. The predicted molar refractivity (Wildman–Crippen MR) is 127 cm³/mol. The van der Waals surface area contributed by atoms with Crippen LogP contribution in [0.15, 0.2) is 39.9 Å². The lowest BCUT2D eigenvalue weighted by atomic mass is 10.1. The number of rotatable bonds is 6. The first kappa shape index (κ1) is 22.2. The Labute approximate surface area is 190 Å². The highest BCUT2D eigenvalue weighted by Crippen LogP contribution is 2.20. The van der Waals surface area contributed by atoms with Gasteiger partial charge in [0.25, 0.3) is 5.56 Å². The molecule has 0 fully saturated rings. The van der Waals surface area contributed by atoms with Gasteiger partial charge >= 0.3 is 5.69 Å². The molecule has 4 aromatic rings. The largest absolute Gasteiger partial charge is 0.344 e. The summed E-state index contributed by atoms with van der Waals surface area (Å²) in [5.41, 5.74) is 6.97. The summed E-state index contributed by atoms with van der Waals surface area (Å²) in [5, 5.41) is 10.5. The quantitative estimate of drug-likeness (QED) is 0.471. The Kier molecular flexibility index (Phi) is 5.74. The van der Waals surface area contributed by atoms with Crippen LogP contribution in [-0.4, -0.2) is 43.3 Å². The second-order valence-corrected chi connectivity index (χ2v) is 8.21. The minimum atomic E-state index is -0.520. The van der Waals surface area contributed by atoms with Gasteiger partial charge in [0.15, 0.2) is 11.2 Å². The van der Waals surface area contributed by atoms with Crippen LogP contribution < -0.4 is 21.9 Å². The molecular formula is C23H26N8O2. The Morgan fingerprint density at radius 3 is 2.61 bits per heavy atom. The molecule has 33 heavy (non-hydrogen) atoms. The predicted octanol–water partition coefficient (Wildman–Crippen LogP) is 1.17. The third kappa shape index (κ3) is 3.76. The van der Waals surface area contributed by atoms with Gasteiger partial charge in [-0.3, -0.25) is 13.9 Å². The van der Waals surface area contributed by atoms with Crippen LogP contribution in [0.2, 0.25) is 0 Å². The molecule has 2 N–H and O–H groups in total. The zero-order valence-corrected chi connectivity index (χ0v) is 19.1. The van der Waals surface area contributed by atoms with Gasteiger partial charge in [0, 0.05) is 38.6 Å². The first-order valence-corrected chi connectivity index (χ1v) is 10.7. The van der Waals surface area contributed by atoms with Gasteiger partial charge in [0.1, 0.15) is 6.07 Å². The van der Waals surface area contributed by atoms with E-state index in [0.29, 0.717) is 47.0 Å². The minimum Gasteiger partial charge on any atom is -0.344 e. The second kappa shape index (κ2) is 8.52. The molecule has 1 aromatic carbocycles. The van der Waals surface area contributed by atoms with Crippen LogP contribution in [0.5, 0.6) is 0 Å². The first-order valence-electron chi connectivity index (χ1n) is 10.7. The molecule has 3 heterocycles. The van der Waals surface area contributed by atoms with Gasteiger partial charge in [-0.25, -0.2) is 9.78 Å². The van der Waals surface area contributed by atoms with Crippen LogP contribution in [0, 0.1) is 11.3 Å². The van der Waals surface area contributed by atoms with Crippen molar-refractivity contribution in [2.45, 2.75) is 33.0 Å². The molecule has 0 spiro atoms. The fraction of sp³-hybridized carbons (Fsp3) is 0.348. The summed E-state index contributed by atoms with van der Waals surface area (Å²) in [7, 11) is 3.44. The van der Waals surface area contributed by atoms with Crippen molar-refractivity contribution in [2.24, 2.45) is 12.8 Å². The number of anilines is 1. The van der Waals surface area contributed by atoms with E-state index in [2.05, 4.69) is 16.0 Å². The van der Waals surface area contributed by atoms with E-state index in [1.165, 1.54) is 4.57 Å². The molecular weight excluding hydrogens is 420 g/mol. The maximum Gasteiger partial charge on any atom is 0.332 e. The van der Waals surface area contributed by atoms with E-state index in [-0.39, 0.29) is 12.6 Å². The lowest BCUT2D eigenvalue weighted by Gasteiger charge is -2.20. The summed E-state index contributed by atoms with van der Waals surface area (Å²) in [6, 6.07) is 11.2. The molecule has 4 rings (SSSR count). The van der Waals surface area contributed by atoms with E-state index >= 15 is 0 Å². The van der Waals surface area contributed by atoms with E-state index < -0.39 is 11.2 Å². The topological polar surface area (TPSA) is 128 Å². The van der Waals surface area contributed by atoms with Gasteiger partial charge in [0.05, 0.1) is 23.3 Å². The summed E-state index contributed by atoms with van der Waals surface area (Å²) in [6.45, 7) is 4.72. The number of imidazole rings is 1. The van der Waals surface area contributed by atoms with Crippen molar-refractivity contribution < 1.29 is 0 Å². The highest BCUT2D eigenvalue weighted by Gasteiger charge is 2.22. The van der Waals surface area contributed by atoms with Gasteiger partial charge in [-0.1, -0.05) is 18.2 Å². The number of fused-ring (bicyclic) bond motifs is 2. The fourth-order valence-corrected chi connectivity index (χ4v) is 4.13. The smallest absolute Gasteiger partial charge is 0.332 e. The molecule has 1 unspecified atom stereocenters. The number of nitrogens with zero attached hydrogens (tertiary/aromatic N) is 7. The van der Waals surface area contributed by atoms with Gasteiger partial charge < -0.3 is 15.2 Å². The Bertz CT molecular complexity index is 1520. The molecule has 0 saturated heterocycles. The second-order valence-electron chi connectivity index (χ2n) is 8.21. The summed E-state index contributed by atoms with van der Waals surface area (Å²) in [6.07, 6.45) is 0. The lowest BCUT2D eigenvalue weighted by Crippen LogP contribution is -2.40. The van der Waals surface area contributed by atoms with Crippen LogP contribution in [0.3, 0.4) is 0 Å². The molecule has 3 aromatic heterocycles. The number of hydrogen-bond acceptors (Lipinski definition) is 7. The third-order valence-electron chi connectivity index (χ3n) is 5.66. The van der Waals surface area contributed by atoms with Crippen LogP contribution >= 0.6 is 0 Å². The van der Waals surface area contributed by atoms with E-state index in [1.807, 2.05) is 50.1 Å². The molecule has 10 nitrogen and oxygen atoms in total. The highest BCUT2D eigenvalue weighted by atomic mass is 16.2. The Hall–Kier alpha value is -3.97. The van der Waals surface area contributed by atoms with Crippen molar-refractivity contribution in [2.75, 3.05) is 18.5 Å². The van der Waals surface area contributed by atoms with Gasteiger partial charge in [-0.2, -0.15) is 10.2 Å². The standard InChI is InChI=1S/C23H26N8O2/c1-5-30-19-20(27-22(30)28(3)12-14(2)25)29(4)23(33)31(21(19)32)13-18-16(11-24)10-15-8-6-7-9-17(15)26-18/h6-10,14H,5,12-13,25H2,1-4H3. The number of pyridine rings is 1. The molecule has 1 atom stereocenters. The highest BCUT2D eigenvalue weighted by molar-refractivity contribution is 5.80. The van der Waals surface area contributed by atoms with Crippen molar-refractivity contribution in [1.82, 2.24) is 23.7 Å². The first-order chi connectivity index (χ1) is 15.8. The number of hydrogen-bond donors (Lipinski definition) is 1. The number of nitriles is 1. The van der Waals surface area contributed by atoms with E-state index in [9.17, 15) is 14.9 Å². The summed E-state index contributed by atoms with van der Waals surface area (Å²) in [5.74, 6) is 0.566. The molecule has 0 radical (unpaired) electrons. The van der Waals surface area contributed by atoms with Crippen LogP contribution in [-0.2, 0) is 20.1 Å². The van der Waals surface area contributed by atoms with Crippen molar-refractivity contribution in [3.8, 4) is 6.07 Å². The van der Waals surface area contributed by atoms with Gasteiger partial charge in [0.2, 0.25) is 5.95 Å². The van der Waals surface area contributed by atoms with Crippen molar-refractivity contribution in [3.05, 3.63) is 62.4 Å². The molecule has 0 bridgehead atoms. The normalized spacial score (nSPS) is 12.2. The molecule has 0 aliphatic carbocycles. The lowest BCUT2D eigenvalue weighted by molar-refractivity contribution is 0.642. The average molecular weight is 447 g/mol. The summed E-state index contributed by atoms with van der Waals surface area (Å²) in [4.78, 5) is 37.7. The Balaban J connectivity index is 1.93. The average Bonchev–Trinajstić information content (AvgIpc) is 3.19. The minimum absolute atomic E-state index is 0.0935. The molecule has 170 valence electrons. The van der Waals surface area contributed by atoms with E-state index in [0.717, 1.165) is 9.95 Å². The zero-order valence-electron chi connectivity index (χ0n) is 19.1. The number of nitrogens with two attached hydrogens (primary N) is 1. The molecule has 0 aliphatic rings. The van der Waals surface area contributed by atoms with E-state index in [1.54, 1.807) is 17.7 Å². The number of aryl methyl sites for hydroxylation is 2. The Morgan fingerprint density at radius 1 is 1.21 bits per heavy atom. The number of likely N-dealkylation sites (N-methyl/N-ethyl adjacent to an activating group) is 1. The zero-order chi connectivity index (χ0) is 23.9. The van der Waals surface area contributed by atoms with Crippen LogP contribution in [0.4, 0.5) is 5.95 Å². The number of para-hydroxylation sites is 1. The molecule has 0 amide bonds. The summed E-state index contributed by atoms with van der Waals surface area (Å²) < 4.78 is 4.26. The fourth-order valence-electron chi connectivity index (χ4n) is 4.13. The van der Waals surface area contributed by atoms with Crippen LogP contribution in [0.25, 0.3) is 22.1 Å². The van der Waals surface area contributed by atoms with Crippen LogP contribution in [0.1, 0.15) is 25.1 Å². The van der Waals surface area contributed by atoms with Gasteiger partial charge in [-0.15, -0.1) is 0 Å². The van der Waals surface area contributed by atoms with E-state index in [4.69, 9.17) is 5.73 Å². The van der Waals surface area contributed by atoms with Crippen molar-refractivity contribution in [3.63, 3.8) is 0 Å². The van der Waals surface area contributed by atoms with Gasteiger partial charge in [-0.05, 0) is 26.0 Å². The monoisotopic (exact) mass is 446 g/mol. The summed E-state index contributed by atoms with van der Waals surface area (Å²) >= 11 is 0. The molecule has 10 heteroatoms. The molecule has 0 aliphatic heterocycles. The maximum atomic E-state index is 13.5. The third-order valence-corrected chi connectivity index (χ3v) is 5.66.